The van der Waals surface area contributed by atoms with E-state index in [1.165, 1.54) is 0 Å². The summed E-state index contributed by atoms with van der Waals surface area (Å²) in [5, 5.41) is 3.24. The van der Waals surface area contributed by atoms with Gasteiger partial charge in [0, 0.05) is 17.4 Å². The zero-order valence-corrected chi connectivity index (χ0v) is 11.1. The molecule has 5 nitrogen and oxygen atoms in total. The number of rotatable bonds is 3. The first-order valence-electron chi connectivity index (χ1n) is 6.66. The Morgan fingerprint density at radius 3 is 3.00 bits per heavy atom. The van der Waals surface area contributed by atoms with Gasteiger partial charge in [0.2, 0.25) is 11.8 Å². The molecule has 1 atom stereocenters. The van der Waals surface area contributed by atoms with Crippen molar-refractivity contribution in [3.05, 3.63) is 30.0 Å². The average Bonchev–Trinajstić information content (AvgIpc) is 2.82. The molecule has 1 aromatic heterocycles. The lowest BCUT2D eigenvalue weighted by Crippen LogP contribution is -2.39. The summed E-state index contributed by atoms with van der Waals surface area (Å²) in [4.78, 5) is 23.2. The van der Waals surface area contributed by atoms with Gasteiger partial charge in [-0.15, -0.1) is 0 Å². The van der Waals surface area contributed by atoms with Crippen molar-refractivity contribution >= 4 is 22.8 Å². The molecule has 0 aliphatic carbocycles. The molecule has 1 fully saturated rings. The molecule has 3 rings (SSSR count). The Morgan fingerprint density at radius 1 is 1.40 bits per heavy atom. The highest BCUT2D eigenvalue weighted by Gasteiger charge is 2.30. The van der Waals surface area contributed by atoms with Gasteiger partial charge in [0.1, 0.15) is 11.3 Å². The lowest BCUT2D eigenvalue weighted by atomic mass is 9.90. The highest BCUT2D eigenvalue weighted by molar-refractivity contribution is 6.02. The number of nitrogens with one attached hydrogen (secondary N) is 1. The van der Waals surface area contributed by atoms with Gasteiger partial charge in [0.15, 0.2) is 0 Å². The van der Waals surface area contributed by atoms with Gasteiger partial charge in [-0.25, -0.2) is 0 Å². The number of carbonyl (C=O) groups excluding carboxylic acids is 2. The Hall–Kier alpha value is -2.30. The molecule has 5 heteroatoms. The number of fused-ring (bicyclic) bond motifs is 1. The van der Waals surface area contributed by atoms with Crippen LogP contribution in [0.2, 0.25) is 0 Å². The van der Waals surface area contributed by atoms with E-state index in [4.69, 9.17) is 9.15 Å². The molecule has 0 radical (unpaired) electrons. The van der Waals surface area contributed by atoms with Gasteiger partial charge in [-0.05, 0) is 31.5 Å². The first-order chi connectivity index (χ1) is 9.69. The highest BCUT2D eigenvalue weighted by Crippen LogP contribution is 2.34. The van der Waals surface area contributed by atoms with Crippen molar-refractivity contribution in [2.45, 2.75) is 25.7 Å². The van der Waals surface area contributed by atoms with Gasteiger partial charge in [-0.1, -0.05) is 0 Å². The summed E-state index contributed by atoms with van der Waals surface area (Å²) in [6, 6.07) is 5.54. The third-order valence-corrected chi connectivity index (χ3v) is 3.50. The van der Waals surface area contributed by atoms with Crippen LogP contribution < -0.4 is 10.1 Å². The van der Waals surface area contributed by atoms with E-state index < -0.39 is 0 Å². The van der Waals surface area contributed by atoms with Crippen LogP contribution in [-0.2, 0) is 9.59 Å². The number of amides is 2. The second-order valence-corrected chi connectivity index (χ2v) is 4.79. The molecule has 2 heterocycles. The summed E-state index contributed by atoms with van der Waals surface area (Å²) in [7, 11) is 0. The van der Waals surface area contributed by atoms with Gasteiger partial charge in [-0.3, -0.25) is 14.9 Å². The van der Waals surface area contributed by atoms with Gasteiger partial charge in [-0.2, -0.15) is 0 Å². The number of hydrogen-bond acceptors (Lipinski definition) is 4. The van der Waals surface area contributed by atoms with Crippen LogP contribution in [0.15, 0.2) is 28.9 Å². The molecule has 2 amide bonds. The molecule has 1 saturated heterocycles. The van der Waals surface area contributed by atoms with E-state index in [9.17, 15) is 9.59 Å². The Bertz CT molecular complexity index is 674. The van der Waals surface area contributed by atoms with Crippen molar-refractivity contribution < 1.29 is 18.7 Å². The number of furan rings is 1. The molecule has 2 aromatic rings. The molecule has 104 valence electrons. The fraction of sp³-hybridized carbons (Fsp3) is 0.333. The zero-order chi connectivity index (χ0) is 14.1. The molecule has 0 spiro atoms. The minimum atomic E-state index is -0.342. The van der Waals surface area contributed by atoms with Crippen LogP contribution in [0.1, 0.15) is 31.2 Å². The van der Waals surface area contributed by atoms with Crippen LogP contribution in [-0.4, -0.2) is 18.4 Å². The van der Waals surface area contributed by atoms with Gasteiger partial charge < -0.3 is 9.15 Å². The Morgan fingerprint density at radius 2 is 2.25 bits per heavy atom. The van der Waals surface area contributed by atoms with E-state index in [1.54, 1.807) is 6.26 Å². The smallest absolute Gasteiger partial charge is 0.234 e. The van der Waals surface area contributed by atoms with Crippen LogP contribution in [0.5, 0.6) is 5.75 Å². The van der Waals surface area contributed by atoms with Gasteiger partial charge in [0.25, 0.3) is 0 Å². The quantitative estimate of drug-likeness (QED) is 0.872. The Balaban J connectivity index is 2.00. The summed E-state index contributed by atoms with van der Waals surface area (Å²) < 4.78 is 11.0. The standard InChI is InChI=1S/C15H15NO4/c1-2-19-9-3-5-13-11(7-9)12(8-20-13)10-4-6-14(17)16-15(10)18/h3,5,7-8,10H,2,4,6H2,1H3,(H,16,17,18). The van der Waals surface area contributed by atoms with E-state index in [1.807, 2.05) is 25.1 Å². The minimum Gasteiger partial charge on any atom is -0.494 e. The number of benzene rings is 1. The molecule has 1 aliphatic rings. The number of carbonyl (C=O) groups is 2. The lowest BCUT2D eigenvalue weighted by Gasteiger charge is -2.19. The fourth-order valence-electron chi connectivity index (χ4n) is 2.54. The molecular formula is C15H15NO4. The highest BCUT2D eigenvalue weighted by atomic mass is 16.5. The van der Waals surface area contributed by atoms with Crippen LogP contribution >= 0.6 is 0 Å². The normalized spacial score (nSPS) is 19.1. The average molecular weight is 273 g/mol. The molecular weight excluding hydrogens is 258 g/mol. The van der Waals surface area contributed by atoms with E-state index in [2.05, 4.69) is 5.32 Å². The summed E-state index contributed by atoms with van der Waals surface area (Å²) in [5.41, 5.74) is 1.53. The second-order valence-electron chi connectivity index (χ2n) is 4.79. The van der Waals surface area contributed by atoms with Crippen LogP contribution in [0, 0.1) is 0 Å². The van der Waals surface area contributed by atoms with Gasteiger partial charge in [0.05, 0.1) is 18.8 Å². The van der Waals surface area contributed by atoms with Crippen molar-refractivity contribution in [1.29, 1.82) is 0 Å². The number of piperidine rings is 1. The third-order valence-electron chi connectivity index (χ3n) is 3.50. The number of ether oxygens (including phenoxy) is 1. The summed E-state index contributed by atoms with van der Waals surface area (Å²) >= 11 is 0. The van der Waals surface area contributed by atoms with Crippen LogP contribution in [0.3, 0.4) is 0 Å². The largest absolute Gasteiger partial charge is 0.494 e. The van der Waals surface area contributed by atoms with Crippen molar-refractivity contribution in [1.82, 2.24) is 5.32 Å². The summed E-state index contributed by atoms with van der Waals surface area (Å²) in [5.74, 6) is -0.0689. The first-order valence-corrected chi connectivity index (χ1v) is 6.66. The molecule has 1 aromatic carbocycles. The maximum Gasteiger partial charge on any atom is 0.234 e. The second kappa shape index (κ2) is 5.00. The van der Waals surface area contributed by atoms with E-state index in [-0.39, 0.29) is 17.7 Å². The predicted molar refractivity (Wildman–Crippen MR) is 72.5 cm³/mol. The SMILES string of the molecule is CCOc1ccc2occ(C3CCC(=O)NC3=O)c2c1. The van der Waals surface area contributed by atoms with Crippen LogP contribution in [0.25, 0.3) is 11.0 Å². The van der Waals surface area contributed by atoms with Crippen molar-refractivity contribution in [2.75, 3.05) is 6.61 Å². The lowest BCUT2D eigenvalue weighted by molar-refractivity contribution is -0.134. The molecule has 0 bridgehead atoms. The van der Waals surface area contributed by atoms with Crippen molar-refractivity contribution in [2.24, 2.45) is 0 Å². The van der Waals surface area contributed by atoms with Crippen LogP contribution in [0.4, 0.5) is 0 Å². The maximum absolute atomic E-state index is 12.0. The monoisotopic (exact) mass is 273 g/mol. The summed E-state index contributed by atoms with van der Waals surface area (Å²) in [6.45, 7) is 2.50. The van der Waals surface area contributed by atoms with Gasteiger partial charge >= 0.3 is 0 Å². The third kappa shape index (κ3) is 2.15. The first kappa shape index (κ1) is 12.7. The van der Waals surface area contributed by atoms with E-state index in [0.717, 1.165) is 16.7 Å². The minimum absolute atomic E-state index is 0.214. The Labute approximate surface area is 115 Å². The number of imide groups is 1. The number of hydrogen-bond donors (Lipinski definition) is 1. The molecule has 0 saturated carbocycles. The summed E-state index contributed by atoms with van der Waals surface area (Å²) in [6.07, 6.45) is 2.47. The topological polar surface area (TPSA) is 68.5 Å². The van der Waals surface area contributed by atoms with E-state index >= 15 is 0 Å². The molecule has 20 heavy (non-hydrogen) atoms. The van der Waals surface area contributed by atoms with Crippen molar-refractivity contribution in [3.63, 3.8) is 0 Å². The molecule has 1 aliphatic heterocycles. The Kier molecular flexibility index (Phi) is 3.18. The molecule has 1 unspecified atom stereocenters. The van der Waals surface area contributed by atoms with Crippen molar-refractivity contribution in [3.8, 4) is 5.75 Å². The van der Waals surface area contributed by atoms with E-state index in [0.29, 0.717) is 25.0 Å². The fourth-order valence-corrected chi connectivity index (χ4v) is 2.54. The maximum atomic E-state index is 12.0. The zero-order valence-electron chi connectivity index (χ0n) is 11.1. The molecule has 1 N–H and O–H groups in total. The predicted octanol–water partition coefficient (Wildman–Crippen LogP) is 2.35.